The maximum absolute atomic E-state index is 15.3. The molecule has 2 aliphatic heterocycles. The summed E-state index contributed by atoms with van der Waals surface area (Å²) < 4.78 is 352. The van der Waals surface area contributed by atoms with Crippen molar-refractivity contribution < 1.29 is 94.5 Å². The lowest BCUT2D eigenvalue weighted by Crippen LogP contribution is -2.48. The summed E-state index contributed by atoms with van der Waals surface area (Å²) in [7, 11) is 2.63. The molecule has 2 fully saturated rings. The van der Waals surface area contributed by atoms with E-state index in [9.17, 15) is 59.4 Å². The van der Waals surface area contributed by atoms with E-state index in [0.29, 0.717) is 38.7 Å². The third-order valence-corrected chi connectivity index (χ3v) is 18.9. The van der Waals surface area contributed by atoms with Crippen molar-refractivity contribution in [3.05, 3.63) is 270 Å². The van der Waals surface area contributed by atoms with Gasteiger partial charge in [-0.1, -0.05) is 121 Å². The number of carbonyl (C=O) groups is 2. The number of piperidine rings is 2. The predicted octanol–water partition coefficient (Wildman–Crippen LogP) is 17.1. The predicted molar refractivity (Wildman–Crippen MR) is 391 cm³/mol. The fourth-order valence-electron chi connectivity index (χ4n) is 11.4. The second-order valence-electron chi connectivity index (χ2n) is 23.8. The zero-order chi connectivity index (χ0) is 94.8. The summed E-state index contributed by atoms with van der Waals surface area (Å²) in [5.41, 5.74) is -7.98. The number of ether oxygens (including phenoxy) is 2. The summed E-state index contributed by atoms with van der Waals surface area (Å²) in [5.74, 6) is -8.64. The number of hydrogen-bond acceptors (Lipinski definition) is 10. The van der Waals surface area contributed by atoms with Gasteiger partial charge in [0.05, 0.1) is 71.5 Å². The quantitative estimate of drug-likeness (QED) is 0.0428. The third-order valence-electron chi connectivity index (χ3n) is 16.8. The molecule has 0 bridgehead atoms. The molecule has 550 valence electrons. The van der Waals surface area contributed by atoms with Crippen molar-refractivity contribution >= 4 is 57.1 Å². The number of hydrogen-bond donors (Lipinski definition) is 0. The number of aromatic nitrogens is 2. The molecule has 12 rings (SSSR count). The molecule has 105 heavy (non-hydrogen) atoms. The Morgan fingerprint density at radius 2 is 1.05 bits per heavy atom. The number of alkyl halides is 6. The fraction of sp³-hybridized carbons (Fsp3) is 0.309. The molecule has 0 saturated carbocycles. The highest BCUT2D eigenvalue weighted by Gasteiger charge is 2.34. The second-order valence-corrected chi connectivity index (χ2v) is 25.8. The van der Waals surface area contributed by atoms with Crippen LogP contribution in [0.4, 0.5) is 43.9 Å². The summed E-state index contributed by atoms with van der Waals surface area (Å²) in [5, 5.41) is -0.777. The number of amides is 2. The smallest absolute Gasteiger partial charge is 0.383 e. The van der Waals surface area contributed by atoms with Gasteiger partial charge >= 0.3 is 12.4 Å². The highest BCUT2D eigenvalue weighted by atomic mass is 32.2. The monoisotopic (exact) mass is 1510 g/mol. The zero-order valence-corrected chi connectivity index (χ0v) is 57.7. The Morgan fingerprint density at radius 3 is 1.63 bits per heavy atom. The van der Waals surface area contributed by atoms with E-state index in [0.717, 1.165) is 39.4 Å². The molecule has 0 unspecified atom stereocenters. The van der Waals surface area contributed by atoms with Crippen molar-refractivity contribution in [3.8, 4) is 22.3 Å². The topological polar surface area (TPSA) is 110 Å². The van der Waals surface area contributed by atoms with Crippen LogP contribution in [0.3, 0.4) is 0 Å². The molecule has 12 nitrogen and oxygen atoms in total. The van der Waals surface area contributed by atoms with E-state index < -0.39 is 256 Å². The average Bonchev–Trinajstić information content (AvgIpc) is 0.729. The minimum absolute atomic E-state index is 0.0475. The second kappa shape index (κ2) is 34.9. The Hall–Kier alpha value is -9.04. The van der Waals surface area contributed by atoms with Gasteiger partial charge in [-0.2, -0.15) is 26.3 Å². The first-order valence-electron chi connectivity index (χ1n) is 43.8. The minimum Gasteiger partial charge on any atom is -0.383 e. The maximum Gasteiger partial charge on any atom is 0.416 e. The molecule has 2 aromatic heterocycles. The Morgan fingerprint density at radius 1 is 0.524 bits per heavy atom. The molecule has 0 spiro atoms. The number of likely N-dealkylation sites (tertiary alicyclic amines) is 2. The molecule has 0 aliphatic carbocycles. The van der Waals surface area contributed by atoms with Crippen LogP contribution in [0.15, 0.2) is 207 Å². The zero-order valence-electron chi connectivity index (χ0n) is 79.0. The third kappa shape index (κ3) is 19.5. The molecule has 0 N–H and O–H groups in total. The number of pyridine rings is 2. The molecular weight excluding hydrogens is 1410 g/mol. The standard InChI is InChI=1S/C41H40F5N3O3S.C40H38F5N3O3S/c1-27-6-15-36-34(22-27)37(50)23-39(53-26-31-4-3-5-35(42)40(31)43)49(36)25-38(51)48(33-16-18-47(19-17-33)20-21-52-2)24-28-7-9-29(10-8-28)30-11-13-32(14-12-30)41(44,45)46;1-51-22-21-46-19-17-32(18-20-46)47(24-27-9-11-28(12-10-27)29-13-15-31(16-14-29)40(43,44)45)37(50)25-48-35-8-3-2-6-33(35)36(49)23-38(48)52-26-30-5-4-7-34(41)39(30)42/h3-15,22-23,33H,16-21,24-26H2,1-2H3;2-16,23,32H,17-22,24-26H2,1H3/i3D,4D,5D,6D,7D,8D,9D,10D,11D,12D,13D,14D,15D,20D2,22D,23D,24D2;21D2,24D2. The van der Waals surface area contributed by atoms with Crippen LogP contribution in [0, 0.1) is 30.2 Å². The molecule has 4 heterocycles. The van der Waals surface area contributed by atoms with Crippen molar-refractivity contribution in [2.45, 2.75) is 105 Å². The number of carbonyl (C=O) groups excluding carboxylic acids is 2. The van der Waals surface area contributed by atoms with Crippen molar-refractivity contribution in [1.29, 1.82) is 0 Å². The van der Waals surface area contributed by atoms with Gasteiger partial charge in [-0.25, -0.2) is 17.6 Å². The summed E-state index contributed by atoms with van der Waals surface area (Å²) >= 11 is 1.32. The number of nitrogens with zero attached hydrogens (tertiary/aromatic N) is 6. The van der Waals surface area contributed by atoms with Crippen molar-refractivity contribution in [2.24, 2.45) is 0 Å². The molecule has 8 aromatic carbocycles. The summed E-state index contributed by atoms with van der Waals surface area (Å²) in [6, 6.07) is 2.55. The first-order valence-corrected chi connectivity index (χ1v) is 34.3. The highest BCUT2D eigenvalue weighted by Crippen LogP contribution is 2.36. The van der Waals surface area contributed by atoms with Gasteiger partial charge in [0.25, 0.3) is 0 Å². The summed E-state index contributed by atoms with van der Waals surface area (Å²) in [6.07, 6.45) is -10.1. The van der Waals surface area contributed by atoms with Gasteiger partial charge < -0.3 is 38.2 Å². The van der Waals surface area contributed by atoms with E-state index in [1.54, 1.807) is 45.9 Å². The normalized spacial score (nSPS) is 17.9. The lowest BCUT2D eigenvalue weighted by molar-refractivity contribution is -0.138. The number of para-hydroxylation sites is 1. The molecule has 0 radical (unpaired) electrons. The molecular formula is C81H78F10N6O6S2. The lowest BCUT2D eigenvalue weighted by atomic mass is 10.00. The maximum atomic E-state index is 15.3. The molecule has 0 atom stereocenters. The van der Waals surface area contributed by atoms with Gasteiger partial charge in [0.1, 0.15) is 13.1 Å². The number of methoxy groups -OCH3 is 2. The van der Waals surface area contributed by atoms with E-state index in [1.807, 2.05) is 0 Å². The number of fused-ring (bicyclic) bond motifs is 2. The average molecular weight is 1510 g/mol. The number of benzene rings is 8. The first-order chi connectivity index (χ1) is 59.7. The van der Waals surface area contributed by atoms with Gasteiger partial charge in [-0.3, -0.25) is 19.2 Å². The largest absolute Gasteiger partial charge is 0.416 e. The lowest BCUT2D eigenvalue weighted by Gasteiger charge is -2.39. The van der Waals surface area contributed by atoms with Crippen LogP contribution in [0.25, 0.3) is 44.1 Å². The van der Waals surface area contributed by atoms with Crippen LogP contribution < -0.4 is 10.9 Å². The SMILES string of the molecule is [2H]C([2H])(COC)N1CCC(N(C(=O)Cn2c(SCc3cccc(F)c3F)cc(=O)c3ccccc32)C([2H])([2H])c2ccc(-c3ccc(C(F)(F)F)cc3)cc2)CC1.[2H]c1c([2H])c(F)c(F)c(CSc2c([2H])c(=O)c3c([2H])c(C)c([2H])c([2H])c3n2CC(=O)N(C2CCN(C([2H])([2H])COC)CC2)C([2H])([2H])c2c([2H])c([2H])c(-c3c([2H])c([2H])c(C(F)(F)F)c([2H])c3[2H])c([2H])c2[2H])c1[2H]. The van der Waals surface area contributed by atoms with Crippen molar-refractivity contribution in [1.82, 2.24) is 28.7 Å². The molecule has 2 amide bonds. The van der Waals surface area contributed by atoms with Crippen molar-refractivity contribution in [3.63, 3.8) is 0 Å². The van der Waals surface area contributed by atoms with Crippen molar-refractivity contribution in [2.75, 3.05) is 66.6 Å². The Kier molecular flexibility index (Phi) is 17.3. The first kappa shape index (κ1) is 52.0. The van der Waals surface area contributed by atoms with Crippen LogP contribution >= 0.6 is 23.5 Å². The molecule has 24 heteroatoms. The molecule has 2 saturated heterocycles. The van der Waals surface area contributed by atoms with E-state index >= 15 is 9.18 Å². The van der Waals surface area contributed by atoms with E-state index in [1.165, 1.54) is 68.5 Å². The van der Waals surface area contributed by atoms with Gasteiger partial charge in [-0.05, 0) is 127 Å². The van der Waals surface area contributed by atoms with E-state index in [4.69, 9.17) is 35.5 Å². The van der Waals surface area contributed by atoms with Crippen LogP contribution in [-0.4, -0.2) is 119 Å². The van der Waals surface area contributed by atoms with Crippen LogP contribution in [0.5, 0.6) is 0 Å². The van der Waals surface area contributed by atoms with Gasteiger partial charge in [0.2, 0.25) is 11.8 Å². The number of thioether (sulfide) groups is 2. The fourth-order valence-corrected chi connectivity index (χ4v) is 13.4. The summed E-state index contributed by atoms with van der Waals surface area (Å²) in [6.45, 7) is -11.1. The highest BCUT2D eigenvalue weighted by molar-refractivity contribution is 7.98. The minimum atomic E-state index is -5.41. The van der Waals surface area contributed by atoms with E-state index in [2.05, 4.69) is 0 Å². The van der Waals surface area contributed by atoms with Gasteiger partial charge in [-0.15, -0.1) is 23.5 Å². The Bertz CT molecular complexity index is 6040. The number of halogens is 10. The van der Waals surface area contributed by atoms with E-state index in [-0.39, 0.29) is 91.4 Å². The van der Waals surface area contributed by atoms with Gasteiger partial charge in [0.15, 0.2) is 34.1 Å². The molecule has 2 aliphatic rings. The Balaban J connectivity index is 0.000000256. The van der Waals surface area contributed by atoms with Crippen LogP contribution in [0.2, 0.25) is 0 Å². The van der Waals surface area contributed by atoms with Gasteiger partial charge in [0, 0.05) is 129 Å². The van der Waals surface area contributed by atoms with Crippen LogP contribution in [0.1, 0.15) is 96.2 Å². The summed E-state index contributed by atoms with van der Waals surface area (Å²) in [4.78, 5) is 61.7. The van der Waals surface area contributed by atoms with Crippen LogP contribution in [-0.2, 0) is 69.0 Å². The number of rotatable bonds is 24. The Labute approximate surface area is 642 Å². The molecule has 10 aromatic rings.